The number of nitrogens with one attached hydrogen (secondary N) is 3. The minimum absolute atomic E-state index is 0.0425. The second-order valence-electron chi connectivity index (χ2n) is 6.25. The predicted molar refractivity (Wildman–Crippen MR) is 97.3 cm³/mol. The van der Waals surface area contributed by atoms with Gasteiger partial charge < -0.3 is 21.5 Å². The summed E-state index contributed by atoms with van der Waals surface area (Å²) in [7, 11) is 0. The van der Waals surface area contributed by atoms with Gasteiger partial charge in [0.25, 0.3) is 0 Å². The van der Waals surface area contributed by atoms with Crippen LogP contribution in [0.25, 0.3) is 0 Å². The van der Waals surface area contributed by atoms with E-state index in [4.69, 9.17) is 16.2 Å². The van der Waals surface area contributed by atoms with E-state index in [1.807, 2.05) is 11.8 Å². The number of amides is 1. The van der Waals surface area contributed by atoms with Crippen molar-refractivity contribution in [2.75, 3.05) is 12.3 Å². The fourth-order valence-corrected chi connectivity index (χ4v) is 4.20. The van der Waals surface area contributed by atoms with Crippen LogP contribution in [0.1, 0.15) is 57.8 Å². The first kappa shape index (κ1) is 20.6. The largest absolute Gasteiger partial charge is 0.481 e. The van der Waals surface area contributed by atoms with Crippen molar-refractivity contribution < 1.29 is 14.7 Å². The molecule has 1 unspecified atom stereocenters. The number of carbonyl (C=O) groups is 2. The first-order chi connectivity index (χ1) is 11.5. The number of carboxylic acid groups (broad SMARTS) is 1. The Balaban J connectivity index is 1.93. The van der Waals surface area contributed by atoms with E-state index in [-0.39, 0.29) is 18.3 Å². The van der Waals surface area contributed by atoms with Gasteiger partial charge in [-0.05, 0) is 32.1 Å². The fraction of sp³-hybridized carbons (Fsp3) is 0.812. The standard InChI is InChI=1S/C16H30N4O3S/c17-16(18)20-12-10-13(24-11-12)6-3-4-7-14(21)19-9-5-1-2-8-15(22)23/h12-13H,1-11H2,(H,19,21)(H,22,23)(H4,17,18,20)/t12-,13?/m1/s1. The zero-order valence-corrected chi connectivity index (χ0v) is 15.0. The van der Waals surface area contributed by atoms with Crippen LogP contribution in [0.2, 0.25) is 0 Å². The van der Waals surface area contributed by atoms with Gasteiger partial charge in [-0.25, -0.2) is 0 Å². The van der Waals surface area contributed by atoms with E-state index < -0.39 is 5.97 Å². The van der Waals surface area contributed by atoms with Crippen LogP contribution in [0.15, 0.2) is 0 Å². The Kier molecular flexibility index (Phi) is 10.3. The van der Waals surface area contributed by atoms with Gasteiger partial charge in [-0.3, -0.25) is 15.0 Å². The Hall–Kier alpha value is -1.44. The SMILES string of the molecule is N=C(N)N[C@H]1CSC(CCCCC(=O)NCCCCCC(=O)O)C1. The molecule has 6 N–H and O–H groups in total. The number of hydrogen-bond donors (Lipinski definition) is 5. The number of rotatable bonds is 12. The highest BCUT2D eigenvalue weighted by molar-refractivity contribution is 8.00. The molecule has 138 valence electrons. The Labute approximate surface area is 148 Å². The van der Waals surface area contributed by atoms with E-state index in [0.717, 1.165) is 44.3 Å². The van der Waals surface area contributed by atoms with Gasteiger partial charge in [0.15, 0.2) is 5.96 Å². The van der Waals surface area contributed by atoms with Crippen molar-refractivity contribution in [2.45, 2.75) is 69.1 Å². The van der Waals surface area contributed by atoms with Crippen LogP contribution in [0, 0.1) is 5.41 Å². The number of aliphatic carboxylic acids is 1. The molecule has 1 fully saturated rings. The van der Waals surface area contributed by atoms with Gasteiger partial charge in [-0.1, -0.05) is 12.8 Å². The molecule has 0 aromatic carbocycles. The van der Waals surface area contributed by atoms with Gasteiger partial charge >= 0.3 is 5.97 Å². The molecular weight excluding hydrogens is 328 g/mol. The van der Waals surface area contributed by atoms with Gasteiger partial charge in [0.2, 0.25) is 5.91 Å². The summed E-state index contributed by atoms with van der Waals surface area (Å²) in [5, 5.41) is 22.2. The highest BCUT2D eigenvalue weighted by Gasteiger charge is 2.24. The molecule has 0 saturated carbocycles. The molecule has 1 heterocycles. The summed E-state index contributed by atoms with van der Waals surface area (Å²) in [6.45, 7) is 0.634. The molecule has 0 aromatic rings. The number of thioether (sulfide) groups is 1. The van der Waals surface area contributed by atoms with E-state index in [1.54, 1.807) is 0 Å². The van der Waals surface area contributed by atoms with E-state index >= 15 is 0 Å². The first-order valence-electron chi connectivity index (χ1n) is 8.68. The second-order valence-corrected chi connectivity index (χ2v) is 7.58. The van der Waals surface area contributed by atoms with Crippen LogP contribution >= 0.6 is 11.8 Å². The van der Waals surface area contributed by atoms with Crippen LogP contribution in [0.5, 0.6) is 0 Å². The Morgan fingerprint density at radius 1 is 1.17 bits per heavy atom. The molecule has 0 bridgehead atoms. The summed E-state index contributed by atoms with van der Waals surface area (Å²) in [6.07, 6.45) is 7.17. The molecule has 1 aliphatic rings. The molecule has 24 heavy (non-hydrogen) atoms. The molecule has 0 spiro atoms. The molecule has 1 amide bonds. The number of hydrogen-bond acceptors (Lipinski definition) is 4. The van der Waals surface area contributed by atoms with Gasteiger partial charge in [-0.15, -0.1) is 0 Å². The highest BCUT2D eigenvalue weighted by Crippen LogP contribution is 2.30. The summed E-state index contributed by atoms with van der Waals surface area (Å²) in [4.78, 5) is 22.1. The molecule has 1 rings (SSSR count). The third kappa shape index (κ3) is 10.4. The Bertz CT molecular complexity index is 420. The molecular formula is C16H30N4O3S. The zero-order chi connectivity index (χ0) is 17.8. The monoisotopic (exact) mass is 358 g/mol. The van der Waals surface area contributed by atoms with Crippen LogP contribution in [0.4, 0.5) is 0 Å². The zero-order valence-electron chi connectivity index (χ0n) is 14.2. The lowest BCUT2D eigenvalue weighted by molar-refractivity contribution is -0.137. The van der Waals surface area contributed by atoms with Crippen LogP contribution < -0.4 is 16.4 Å². The van der Waals surface area contributed by atoms with Crippen molar-refractivity contribution in [3.63, 3.8) is 0 Å². The lowest BCUT2D eigenvalue weighted by Crippen LogP contribution is -2.39. The van der Waals surface area contributed by atoms with Crippen LogP contribution in [-0.2, 0) is 9.59 Å². The highest BCUT2D eigenvalue weighted by atomic mass is 32.2. The fourth-order valence-electron chi connectivity index (χ4n) is 2.78. The number of guanidine groups is 1. The number of carboxylic acids is 1. The summed E-state index contributed by atoms with van der Waals surface area (Å²) in [5.74, 6) is 0.360. The van der Waals surface area contributed by atoms with Crippen molar-refractivity contribution in [1.29, 1.82) is 5.41 Å². The molecule has 0 radical (unpaired) electrons. The molecule has 0 aromatic heterocycles. The molecule has 1 aliphatic heterocycles. The maximum Gasteiger partial charge on any atom is 0.303 e. The Morgan fingerprint density at radius 3 is 2.62 bits per heavy atom. The summed E-state index contributed by atoms with van der Waals surface area (Å²) >= 11 is 1.92. The average molecular weight is 359 g/mol. The van der Waals surface area contributed by atoms with Gasteiger partial charge in [-0.2, -0.15) is 11.8 Å². The summed E-state index contributed by atoms with van der Waals surface area (Å²) in [5.41, 5.74) is 5.35. The first-order valence-corrected chi connectivity index (χ1v) is 9.73. The van der Waals surface area contributed by atoms with Crippen molar-refractivity contribution in [3.05, 3.63) is 0 Å². The van der Waals surface area contributed by atoms with Gasteiger partial charge in [0.1, 0.15) is 0 Å². The van der Waals surface area contributed by atoms with E-state index in [1.165, 1.54) is 0 Å². The second kappa shape index (κ2) is 12.0. The Morgan fingerprint density at radius 2 is 1.92 bits per heavy atom. The number of nitrogens with two attached hydrogens (primary N) is 1. The molecule has 8 heteroatoms. The summed E-state index contributed by atoms with van der Waals surface area (Å²) < 4.78 is 0. The van der Waals surface area contributed by atoms with Crippen molar-refractivity contribution in [2.24, 2.45) is 5.73 Å². The quantitative estimate of drug-likeness (QED) is 0.205. The van der Waals surface area contributed by atoms with E-state index in [2.05, 4.69) is 10.6 Å². The topological polar surface area (TPSA) is 128 Å². The average Bonchev–Trinajstić information content (AvgIpc) is 2.93. The lowest BCUT2D eigenvalue weighted by atomic mass is 10.1. The van der Waals surface area contributed by atoms with Crippen molar-refractivity contribution >= 4 is 29.6 Å². The number of unbranched alkanes of at least 4 members (excludes halogenated alkanes) is 3. The van der Waals surface area contributed by atoms with Crippen LogP contribution in [-0.4, -0.2) is 46.5 Å². The molecule has 2 atom stereocenters. The van der Waals surface area contributed by atoms with E-state index in [9.17, 15) is 9.59 Å². The molecule has 0 aliphatic carbocycles. The molecule has 1 saturated heterocycles. The number of carbonyl (C=O) groups excluding carboxylic acids is 1. The van der Waals surface area contributed by atoms with E-state index in [0.29, 0.717) is 30.7 Å². The smallest absolute Gasteiger partial charge is 0.303 e. The summed E-state index contributed by atoms with van der Waals surface area (Å²) in [6, 6.07) is 0.307. The third-order valence-electron chi connectivity index (χ3n) is 4.01. The maximum atomic E-state index is 11.7. The normalized spacial score (nSPS) is 19.8. The molecule has 7 nitrogen and oxygen atoms in total. The lowest BCUT2D eigenvalue weighted by Gasteiger charge is -2.11. The van der Waals surface area contributed by atoms with Crippen molar-refractivity contribution in [1.82, 2.24) is 10.6 Å². The minimum atomic E-state index is -0.761. The van der Waals surface area contributed by atoms with Gasteiger partial charge in [0.05, 0.1) is 0 Å². The van der Waals surface area contributed by atoms with Crippen molar-refractivity contribution in [3.8, 4) is 0 Å². The minimum Gasteiger partial charge on any atom is -0.481 e. The third-order valence-corrected chi connectivity index (χ3v) is 5.50. The maximum absolute atomic E-state index is 11.7. The van der Waals surface area contributed by atoms with Gasteiger partial charge in [0, 0.05) is 36.4 Å². The van der Waals surface area contributed by atoms with Crippen LogP contribution in [0.3, 0.4) is 0 Å². The predicted octanol–water partition coefficient (Wildman–Crippen LogP) is 1.67.